The van der Waals surface area contributed by atoms with Crippen molar-refractivity contribution in [1.29, 1.82) is 0 Å². The van der Waals surface area contributed by atoms with E-state index in [1.54, 1.807) is 18.2 Å². The van der Waals surface area contributed by atoms with Crippen molar-refractivity contribution in [3.63, 3.8) is 0 Å². The molecule has 1 fully saturated rings. The van der Waals surface area contributed by atoms with Crippen molar-refractivity contribution < 1.29 is 14.7 Å². The number of hydrogen-bond donors (Lipinski definition) is 2. The van der Waals surface area contributed by atoms with Gasteiger partial charge in [0, 0.05) is 6.04 Å². The minimum atomic E-state index is -0.751. The SMILES string of the molecule is O=C(NC1CCC(C(=O)O)CC1)c1ccccc1-n1cnnn1. The first-order valence-corrected chi connectivity index (χ1v) is 7.51. The molecule has 0 atom stereocenters. The number of para-hydroxylation sites is 1. The molecule has 1 amide bonds. The quantitative estimate of drug-likeness (QED) is 0.872. The summed E-state index contributed by atoms with van der Waals surface area (Å²) in [7, 11) is 0. The lowest BCUT2D eigenvalue weighted by atomic mass is 9.86. The summed E-state index contributed by atoms with van der Waals surface area (Å²) in [4.78, 5) is 23.5. The lowest BCUT2D eigenvalue weighted by molar-refractivity contribution is -0.142. The number of tetrazole rings is 1. The number of carboxylic acids is 1. The van der Waals surface area contributed by atoms with Gasteiger partial charge in [-0.15, -0.1) is 5.10 Å². The number of aliphatic carboxylic acids is 1. The van der Waals surface area contributed by atoms with E-state index in [1.165, 1.54) is 11.0 Å². The lowest BCUT2D eigenvalue weighted by Crippen LogP contribution is -2.39. The first-order valence-electron chi connectivity index (χ1n) is 7.51. The van der Waals surface area contributed by atoms with Crippen molar-refractivity contribution in [1.82, 2.24) is 25.5 Å². The van der Waals surface area contributed by atoms with E-state index in [4.69, 9.17) is 5.11 Å². The number of aromatic nitrogens is 4. The molecule has 0 unspecified atom stereocenters. The number of nitrogens with one attached hydrogen (secondary N) is 1. The van der Waals surface area contributed by atoms with Crippen LogP contribution in [0.5, 0.6) is 0 Å². The summed E-state index contributed by atoms with van der Waals surface area (Å²) in [6.45, 7) is 0. The maximum Gasteiger partial charge on any atom is 0.306 e. The fourth-order valence-corrected chi connectivity index (χ4v) is 2.88. The van der Waals surface area contributed by atoms with Crippen molar-refractivity contribution in [2.45, 2.75) is 31.7 Å². The molecule has 1 aromatic carbocycles. The van der Waals surface area contributed by atoms with Gasteiger partial charge in [0.1, 0.15) is 6.33 Å². The Morgan fingerprint density at radius 3 is 2.57 bits per heavy atom. The zero-order valence-electron chi connectivity index (χ0n) is 12.4. The number of amides is 1. The van der Waals surface area contributed by atoms with Crippen molar-refractivity contribution in [3.05, 3.63) is 36.2 Å². The molecule has 120 valence electrons. The van der Waals surface area contributed by atoms with Crippen LogP contribution in [0.25, 0.3) is 5.69 Å². The van der Waals surface area contributed by atoms with Gasteiger partial charge in [0.15, 0.2) is 0 Å². The smallest absolute Gasteiger partial charge is 0.306 e. The van der Waals surface area contributed by atoms with Gasteiger partial charge in [-0.05, 0) is 48.2 Å². The summed E-state index contributed by atoms with van der Waals surface area (Å²) in [5.41, 5.74) is 1.09. The molecular formula is C15H17N5O3. The average Bonchev–Trinajstić information content (AvgIpc) is 3.09. The number of benzene rings is 1. The predicted octanol–water partition coefficient (Wildman–Crippen LogP) is 1.04. The monoisotopic (exact) mass is 315 g/mol. The number of nitrogens with zero attached hydrogens (tertiary/aromatic N) is 4. The molecule has 1 aliphatic carbocycles. The number of carbonyl (C=O) groups is 2. The Bertz CT molecular complexity index is 693. The molecule has 8 heteroatoms. The Balaban J connectivity index is 1.69. The van der Waals surface area contributed by atoms with Crippen LogP contribution in [0.15, 0.2) is 30.6 Å². The van der Waals surface area contributed by atoms with E-state index in [0.717, 1.165) is 0 Å². The normalized spacial score (nSPS) is 20.9. The van der Waals surface area contributed by atoms with Crippen molar-refractivity contribution >= 4 is 11.9 Å². The van der Waals surface area contributed by atoms with Crippen LogP contribution in [0.1, 0.15) is 36.0 Å². The van der Waals surface area contributed by atoms with Crippen molar-refractivity contribution in [2.24, 2.45) is 5.92 Å². The summed E-state index contributed by atoms with van der Waals surface area (Å²) in [5.74, 6) is -1.25. The number of carboxylic acid groups (broad SMARTS) is 1. The van der Waals surface area contributed by atoms with Gasteiger partial charge in [0.25, 0.3) is 5.91 Å². The van der Waals surface area contributed by atoms with Crippen LogP contribution >= 0.6 is 0 Å². The zero-order valence-corrected chi connectivity index (χ0v) is 12.4. The van der Waals surface area contributed by atoms with Crippen LogP contribution in [-0.4, -0.2) is 43.2 Å². The van der Waals surface area contributed by atoms with E-state index in [-0.39, 0.29) is 17.9 Å². The molecule has 1 saturated carbocycles. The van der Waals surface area contributed by atoms with E-state index in [2.05, 4.69) is 20.8 Å². The zero-order chi connectivity index (χ0) is 16.2. The second kappa shape index (κ2) is 6.55. The fraction of sp³-hybridized carbons (Fsp3) is 0.400. The van der Waals surface area contributed by atoms with Crippen LogP contribution < -0.4 is 5.32 Å². The Kier molecular flexibility index (Phi) is 4.31. The molecule has 2 N–H and O–H groups in total. The third kappa shape index (κ3) is 3.36. The molecule has 0 aliphatic heterocycles. The van der Waals surface area contributed by atoms with E-state index in [0.29, 0.717) is 36.9 Å². The molecule has 0 saturated heterocycles. The molecule has 8 nitrogen and oxygen atoms in total. The molecule has 23 heavy (non-hydrogen) atoms. The molecule has 2 aromatic rings. The molecule has 0 spiro atoms. The first kappa shape index (κ1) is 15.1. The van der Waals surface area contributed by atoms with Gasteiger partial charge >= 0.3 is 5.97 Å². The van der Waals surface area contributed by atoms with Crippen LogP contribution in [-0.2, 0) is 4.79 Å². The molecule has 0 bridgehead atoms. The van der Waals surface area contributed by atoms with E-state index in [1.807, 2.05) is 6.07 Å². The Labute approximate surface area is 132 Å². The highest BCUT2D eigenvalue weighted by Gasteiger charge is 2.27. The van der Waals surface area contributed by atoms with Gasteiger partial charge < -0.3 is 10.4 Å². The first-order chi connectivity index (χ1) is 11.1. The minimum Gasteiger partial charge on any atom is -0.481 e. The number of rotatable bonds is 4. The third-order valence-corrected chi connectivity index (χ3v) is 4.16. The minimum absolute atomic E-state index is 0.0000255. The highest BCUT2D eigenvalue weighted by atomic mass is 16.4. The molecular weight excluding hydrogens is 298 g/mol. The van der Waals surface area contributed by atoms with E-state index >= 15 is 0 Å². The maximum absolute atomic E-state index is 12.5. The highest BCUT2D eigenvalue weighted by molar-refractivity contribution is 5.97. The summed E-state index contributed by atoms with van der Waals surface area (Å²) in [6, 6.07) is 7.08. The van der Waals surface area contributed by atoms with Crippen molar-refractivity contribution in [2.75, 3.05) is 0 Å². The summed E-state index contributed by atoms with van der Waals surface area (Å²) in [5, 5.41) is 23.0. The Morgan fingerprint density at radius 1 is 1.17 bits per heavy atom. The van der Waals surface area contributed by atoms with Gasteiger partial charge in [-0.2, -0.15) is 4.68 Å². The van der Waals surface area contributed by atoms with E-state index < -0.39 is 5.97 Å². The fourth-order valence-electron chi connectivity index (χ4n) is 2.88. The molecule has 1 aliphatic rings. The second-order valence-corrected chi connectivity index (χ2v) is 5.63. The average molecular weight is 315 g/mol. The predicted molar refractivity (Wildman–Crippen MR) is 80.0 cm³/mol. The molecule has 1 aromatic heterocycles. The van der Waals surface area contributed by atoms with E-state index in [9.17, 15) is 9.59 Å². The van der Waals surface area contributed by atoms with Crippen LogP contribution in [0.4, 0.5) is 0 Å². The topological polar surface area (TPSA) is 110 Å². The molecule has 0 radical (unpaired) electrons. The summed E-state index contributed by atoms with van der Waals surface area (Å²) in [6.07, 6.45) is 3.97. The summed E-state index contributed by atoms with van der Waals surface area (Å²) < 4.78 is 1.44. The largest absolute Gasteiger partial charge is 0.481 e. The maximum atomic E-state index is 12.5. The van der Waals surface area contributed by atoms with Gasteiger partial charge in [-0.25, -0.2) is 0 Å². The standard InChI is InChI=1S/C15H17N5O3/c21-14(17-11-7-5-10(6-8-11)15(22)23)12-3-1-2-4-13(12)20-9-16-18-19-20/h1-4,9-11H,5-8H2,(H,17,21)(H,22,23). The van der Waals surface area contributed by atoms with Crippen molar-refractivity contribution in [3.8, 4) is 5.69 Å². The van der Waals surface area contributed by atoms with Gasteiger partial charge in [-0.3, -0.25) is 9.59 Å². The van der Waals surface area contributed by atoms with Gasteiger partial charge in [0.2, 0.25) is 0 Å². The number of hydrogen-bond acceptors (Lipinski definition) is 5. The third-order valence-electron chi connectivity index (χ3n) is 4.16. The highest BCUT2D eigenvalue weighted by Crippen LogP contribution is 2.25. The Morgan fingerprint density at radius 2 is 1.91 bits per heavy atom. The molecule has 3 rings (SSSR count). The van der Waals surface area contributed by atoms with Crippen LogP contribution in [0.2, 0.25) is 0 Å². The molecule has 1 heterocycles. The second-order valence-electron chi connectivity index (χ2n) is 5.63. The Hall–Kier alpha value is -2.77. The lowest BCUT2D eigenvalue weighted by Gasteiger charge is -2.27. The van der Waals surface area contributed by atoms with Crippen LogP contribution in [0, 0.1) is 5.92 Å². The number of carbonyl (C=O) groups excluding carboxylic acids is 1. The van der Waals surface area contributed by atoms with Gasteiger partial charge in [0.05, 0.1) is 17.2 Å². The summed E-state index contributed by atoms with van der Waals surface area (Å²) >= 11 is 0. The van der Waals surface area contributed by atoms with Crippen LogP contribution in [0.3, 0.4) is 0 Å². The van der Waals surface area contributed by atoms with Gasteiger partial charge in [-0.1, -0.05) is 12.1 Å².